The molecule has 0 amide bonds. The topological polar surface area (TPSA) is 12.9 Å². The van der Waals surface area contributed by atoms with Crippen LogP contribution in [0.25, 0.3) is 0 Å². The normalized spacial score (nSPS) is 10.2. The maximum Gasteiger partial charge on any atom is 0.0636 e. The van der Waals surface area contributed by atoms with Crippen LogP contribution in [0.4, 0.5) is 0 Å². The summed E-state index contributed by atoms with van der Waals surface area (Å²) >= 11 is 11.8. The first-order valence-electron chi connectivity index (χ1n) is 4.03. The molecule has 1 heterocycles. The Morgan fingerprint density at radius 1 is 1.25 bits per heavy atom. The minimum Gasteiger partial charge on any atom is -0.262 e. The van der Waals surface area contributed by atoms with Gasteiger partial charge in [0.05, 0.1) is 10.0 Å². The van der Waals surface area contributed by atoms with Gasteiger partial charge < -0.3 is 0 Å². The maximum atomic E-state index is 5.92. The highest BCUT2D eigenvalue weighted by Gasteiger charge is 2.04. The standard InChI is InChI=1S/C9H11Cl2N/c1-2-3-4-7-8(10)5-12-6-9(7)11/h5-6H,2-4H2,1H3. The van der Waals surface area contributed by atoms with Crippen LogP contribution < -0.4 is 0 Å². The molecule has 0 fully saturated rings. The molecule has 0 aliphatic carbocycles. The molecule has 66 valence electrons. The van der Waals surface area contributed by atoms with Gasteiger partial charge in [0.2, 0.25) is 0 Å². The summed E-state index contributed by atoms with van der Waals surface area (Å²) in [4.78, 5) is 3.89. The Bertz CT molecular complexity index is 240. The molecule has 0 aliphatic heterocycles. The van der Waals surface area contributed by atoms with Crippen molar-refractivity contribution < 1.29 is 0 Å². The second-order valence-corrected chi connectivity index (χ2v) is 3.50. The molecule has 1 aromatic rings. The number of halogens is 2. The smallest absolute Gasteiger partial charge is 0.0636 e. The van der Waals surface area contributed by atoms with Crippen LogP contribution in [0, 0.1) is 0 Å². The Morgan fingerprint density at radius 2 is 1.83 bits per heavy atom. The molecule has 3 heteroatoms. The minimum atomic E-state index is 0.677. The first-order valence-corrected chi connectivity index (χ1v) is 4.79. The summed E-state index contributed by atoms with van der Waals surface area (Å²) in [5, 5.41) is 1.35. The molecule has 1 rings (SSSR count). The number of hydrogen-bond donors (Lipinski definition) is 0. The van der Waals surface area contributed by atoms with Gasteiger partial charge in [-0.2, -0.15) is 0 Å². The SMILES string of the molecule is CCCCc1c(Cl)cncc1Cl. The second kappa shape index (κ2) is 4.68. The quantitative estimate of drug-likeness (QED) is 0.730. The van der Waals surface area contributed by atoms with Crippen LogP contribution in [-0.4, -0.2) is 4.98 Å². The zero-order valence-electron chi connectivity index (χ0n) is 6.98. The van der Waals surface area contributed by atoms with Crippen LogP contribution >= 0.6 is 23.2 Å². The number of hydrogen-bond acceptors (Lipinski definition) is 1. The highest BCUT2D eigenvalue weighted by Crippen LogP contribution is 2.24. The fraction of sp³-hybridized carbons (Fsp3) is 0.444. The van der Waals surface area contributed by atoms with Crippen molar-refractivity contribution in [2.75, 3.05) is 0 Å². The van der Waals surface area contributed by atoms with E-state index in [2.05, 4.69) is 11.9 Å². The Balaban J connectivity index is 2.81. The van der Waals surface area contributed by atoms with Crippen molar-refractivity contribution in [1.29, 1.82) is 0 Å². The van der Waals surface area contributed by atoms with Crippen LogP contribution in [0.1, 0.15) is 25.3 Å². The Labute approximate surface area is 82.7 Å². The molecule has 1 aromatic heterocycles. The first-order chi connectivity index (χ1) is 5.75. The molecule has 0 spiro atoms. The molecule has 0 aromatic carbocycles. The van der Waals surface area contributed by atoms with E-state index in [1.54, 1.807) is 12.4 Å². The van der Waals surface area contributed by atoms with Gasteiger partial charge in [0.15, 0.2) is 0 Å². The third kappa shape index (κ3) is 2.36. The van der Waals surface area contributed by atoms with Crippen LogP contribution in [0.15, 0.2) is 12.4 Å². The lowest BCUT2D eigenvalue weighted by atomic mass is 10.1. The lowest BCUT2D eigenvalue weighted by molar-refractivity contribution is 0.794. The van der Waals surface area contributed by atoms with E-state index in [4.69, 9.17) is 23.2 Å². The number of aromatic nitrogens is 1. The van der Waals surface area contributed by atoms with Crippen LogP contribution in [0.2, 0.25) is 10.0 Å². The van der Waals surface area contributed by atoms with Gasteiger partial charge in [0.25, 0.3) is 0 Å². The van der Waals surface area contributed by atoms with E-state index >= 15 is 0 Å². The number of nitrogens with zero attached hydrogens (tertiary/aromatic N) is 1. The van der Waals surface area contributed by atoms with Gasteiger partial charge in [-0.05, 0) is 18.4 Å². The molecule has 0 radical (unpaired) electrons. The largest absolute Gasteiger partial charge is 0.262 e. The molecule has 1 nitrogen and oxygen atoms in total. The molecule has 0 saturated heterocycles. The molecule has 0 saturated carbocycles. The first kappa shape index (κ1) is 9.82. The predicted octanol–water partition coefficient (Wildman–Crippen LogP) is 3.73. The van der Waals surface area contributed by atoms with E-state index in [1.807, 2.05) is 0 Å². The van der Waals surface area contributed by atoms with E-state index in [0.29, 0.717) is 10.0 Å². The van der Waals surface area contributed by atoms with Crippen molar-refractivity contribution in [3.05, 3.63) is 28.0 Å². The van der Waals surface area contributed by atoms with Gasteiger partial charge in [-0.3, -0.25) is 4.98 Å². The van der Waals surface area contributed by atoms with Gasteiger partial charge in [-0.25, -0.2) is 0 Å². The maximum absolute atomic E-state index is 5.92. The van der Waals surface area contributed by atoms with E-state index in [9.17, 15) is 0 Å². The molecule has 0 aliphatic rings. The van der Waals surface area contributed by atoms with Crippen molar-refractivity contribution in [2.45, 2.75) is 26.2 Å². The van der Waals surface area contributed by atoms with Crippen molar-refractivity contribution >= 4 is 23.2 Å². The number of unbranched alkanes of at least 4 members (excludes halogenated alkanes) is 1. The average Bonchev–Trinajstić information content (AvgIpc) is 2.04. The molecule has 0 atom stereocenters. The van der Waals surface area contributed by atoms with Crippen molar-refractivity contribution in [3.8, 4) is 0 Å². The summed E-state index contributed by atoms with van der Waals surface area (Å²) in [6.07, 6.45) is 6.48. The highest BCUT2D eigenvalue weighted by molar-refractivity contribution is 6.35. The molecular formula is C9H11Cl2N. The number of rotatable bonds is 3. The van der Waals surface area contributed by atoms with E-state index in [1.165, 1.54) is 0 Å². The van der Waals surface area contributed by atoms with Crippen LogP contribution in [-0.2, 0) is 6.42 Å². The van der Waals surface area contributed by atoms with Crippen molar-refractivity contribution in [1.82, 2.24) is 4.98 Å². The van der Waals surface area contributed by atoms with Crippen LogP contribution in [0.5, 0.6) is 0 Å². The van der Waals surface area contributed by atoms with Crippen molar-refractivity contribution in [3.63, 3.8) is 0 Å². The fourth-order valence-electron chi connectivity index (χ4n) is 1.03. The molecular weight excluding hydrogens is 193 g/mol. The van der Waals surface area contributed by atoms with Gasteiger partial charge in [0, 0.05) is 12.4 Å². The molecule has 0 bridgehead atoms. The van der Waals surface area contributed by atoms with Crippen LogP contribution in [0.3, 0.4) is 0 Å². The summed E-state index contributed by atoms with van der Waals surface area (Å²) in [5.74, 6) is 0. The highest BCUT2D eigenvalue weighted by atomic mass is 35.5. The van der Waals surface area contributed by atoms with E-state index < -0.39 is 0 Å². The summed E-state index contributed by atoms with van der Waals surface area (Å²) in [6, 6.07) is 0. The Morgan fingerprint density at radius 3 is 2.33 bits per heavy atom. The van der Waals surface area contributed by atoms with E-state index in [-0.39, 0.29) is 0 Å². The third-order valence-electron chi connectivity index (χ3n) is 1.73. The Hall–Kier alpha value is -0.270. The summed E-state index contributed by atoms with van der Waals surface area (Å²) < 4.78 is 0. The lowest BCUT2D eigenvalue weighted by Crippen LogP contribution is -1.89. The van der Waals surface area contributed by atoms with Gasteiger partial charge in [-0.15, -0.1) is 0 Å². The second-order valence-electron chi connectivity index (χ2n) is 2.69. The average molecular weight is 204 g/mol. The van der Waals surface area contributed by atoms with Gasteiger partial charge in [0.1, 0.15) is 0 Å². The number of pyridine rings is 1. The zero-order chi connectivity index (χ0) is 8.97. The van der Waals surface area contributed by atoms with E-state index in [0.717, 1.165) is 24.8 Å². The zero-order valence-corrected chi connectivity index (χ0v) is 8.49. The third-order valence-corrected chi connectivity index (χ3v) is 2.38. The van der Waals surface area contributed by atoms with Crippen molar-refractivity contribution in [2.24, 2.45) is 0 Å². The monoisotopic (exact) mass is 203 g/mol. The van der Waals surface area contributed by atoms with Gasteiger partial charge >= 0.3 is 0 Å². The van der Waals surface area contributed by atoms with Gasteiger partial charge in [-0.1, -0.05) is 36.5 Å². The predicted molar refractivity (Wildman–Crippen MR) is 52.9 cm³/mol. The fourth-order valence-corrected chi connectivity index (χ4v) is 1.58. The minimum absolute atomic E-state index is 0.677. The summed E-state index contributed by atoms with van der Waals surface area (Å²) in [7, 11) is 0. The summed E-state index contributed by atoms with van der Waals surface area (Å²) in [6.45, 7) is 2.14. The molecule has 0 unspecified atom stereocenters. The molecule has 0 N–H and O–H groups in total. The Kier molecular flexibility index (Phi) is 3.83. The molecule has 12 heavy (non-hydrogen) atoms. The summed E-state index contributed by atoms with van der Waals surface area (Å²) in [5.41, 5.74) is 1.02. The lowest BCUT2D eigenvalue weighted by Gasteiger charge is -2.03.